The number of aryl methyl sites for hydroxylation is 2. The molecule has 1 aromatic heterocycles. The smallest absolute Gasteiger partial charge is 0.289 e. The molecule has 4 heteroatoms. The molecule has 1 aromatic rings. The fourth-order valence-electron chi connectivity index (χ4n) is 1.82. The predicted octanol–water partition coefficient (Wildman–Crippen LogP) is 1.99. The molecule has 96 valence electrons. The van der Waals surface area contributed by atoms with Gasteiger partial charge < -0.3 is 14.4 Å². The first kappa shape index (κ1) is 13.8. The highest BCUT2D eigenvalue weighted by molar-refractivity contribution is 5.91. The summed E-state index contributed by atoms with van der Waals surface area (Å²) >= 11 is 0. The fourth-order valence-corrected chi connectivity index (χ4v) is 1.82. The van der Waals surface area contributed by atoms with Crippen LogP contribution in [-0.2, 0) is 6.42 Å². The van der Waals surface area contributed by atoms with Gasteiger partial charge in [0.15, 0.2) is 5.76 Å². The Balaban J connectivity index is 2.82. The molecule has 17 heavy (non-hydrogen) atoms. The molecular formula is C13H21NO3. The number of nitrogens with zero attached hydrogens (tertiary/aromatic N) is 1. The van der Waals surface area contributed by atoms with Crippen molar-refractivity contribution in [2.75, 3.05) is 13.6 Å². The Morgan fingerprint density at radius 2 is 2.12 bits per heavy atom. The van der Waals surface area contributed by atoms with Gasteiger partial charge in [0, 0.05) is 20.0 Å². The van der Waals surface area contributed by atoms with Gasteiger partial charge in [-0.1, -0.05) is 6.92 Å². The second-order valence-corrected chi connectivity index (χ2v) is 5.04. The Morgan fingerprint density at radius 1 is 1.53 bits per heavy atom. The van der Waals surface area contributed by atoms with E-state index in [2.05, 4.69) is 0 Å². The van der Waals surface area contributed by atoms with Crippen molar-refractivity contribution in [1.29, 1.82) is 0 Å². The molecule has 1 N–H and O–H groups in total. The second kappa shape index (κ2) is 4.92. The topological polar surface area (TPSA) is 53.7 Å². The lowest BCUT2D eigenvalue weighted by Crippen LogP contribution is -2.39. The van der Waals surface area contributed by atoms with Gasteiger partial charge in [-0.2, -0.15) is 0 Å². The van der Waals surface area contributed by atoms with Crippen LogP contribution in [0.15, 0.2) is 10.5 Å². The van der Waals surface area contributed by atoms with E-state index in [9.17, 15) is 9.90 Å². The third-order valence-electron chi connectivity index (χ3n) is 2.52. The summed E-state index contributed by atoms with van der Waals surface area (Å²) in [5.74, 6) is 0.978. The van der Waals surface area contributed by atoms with E-state index in [1.807, 2.05) is 13.8 Å². The van der Waals surface area contributed by atoms with Crippen LogP contribution in [0.2, 0.25) is 0 Å². The van der Waals surface area contributed by atoms with Gasteiger partial charge in [0.1, 0.15) is 5.76 Å². The van der Waals surface area contributed by atoms with Gasteiger partial charge in [-0.25, -0.2) is 0 Å². The third-order valence-corrected chi connectivity index (χ3v) is 2.52. The maximum Gasteiger partial charge on any atom is 0.289 e. The van der Waals surface area contributed by atoms with Crippen molar-refractivity contribution in [3.63, 3.8) is 0 Å². The summed E-state index contributed by atoms with van der Waals surface area (Å²) in [7, 11) is 1.66. The number of amides is 1. The van der Waals surface area contributed by atoms with Crippen molar-refractivity contribution < 1.29 is 14.3 Å². The van der Waals surface area contributed by atoms with Crippen LogP contribution in [0.3, 0.4) is 0 Å². The van der Waals surface area contributed by atoms with Gasteiger partial charge in [0.05, 0.1) is 5.60 Å². The van der Waals surface area contributed by atoms with Gasteiger partial charge in [0.2, 0.25) is 0 Å². The van der Waals surface area contributed by atoms with E-state index >= 15 is 0 Å². The van der Waals surface area contributed by atoms with E-state index in [1.165, 1.54) is 4.90 Å². The Morgan fingerprint density at radius 3 is 2.53 bits per heavy atom. The summed E-state index contributed by atoms with van der Waals surface area (Å²) in [6.07, 6.45) is 0.772. The number of hydrogen-bond acceptors (Lipinski definition) is 3. The summed E-state index contributed by atoms with van der Waals surface area (Å²) < 4.78 is 5.49. The molecule has 0 fully saturated rings. The van der Waals surface area contributed by atoms with E-state index < -0.39 is 5.60 Å². The first-order valence-electron chi connectivity index (χ1n) is 5.81. The van der Waals surface area contributed by atoms with Crippen LogP contribution in [0.1, 0.15) is 42.6 Å². The van der Waals surface area contributed by atoms with Gasteiger partial charge in [-0.05, 0) is 32.4 Å². The van der Waals surface area contributed by atoms with Crippen LogP contribution in [0.5, 0.6) is 0 Å². The van der Waals surface area contributed by atoms with Crippen molar-refractivity contribution in [1.82, 2.24) is 4.90 Å². The van der Waals surface area contributed by atoms with Crippen LogP contribution in [0.25, 0.3) is 0 Å². The van der Waals surface area contributed by atoms with Crippen molar-refractivity contribution >= 4 is 5.91 Å². The van der Waals surface area contributed by atoms with Gasteiger partial charge in [0.25, 0.3) is 5.91 Å². The summed E-state index contributed by atoms with van der Waals surface area (Å²) in [4.78, 5) is 13.5. The minimum Gasteiger partial charge on any atom is -0.456 e. The fraction of sp³-hybridized carbons (Fsp3) is 0.615. The zero-order valence-corrected chi connectivity index (χ0v) is 11.2. The van der Waals surface area contributed by atoms with E-state index in [1.54, 1.807) is 27.0 Å². The minimum atomic E-state index is -0.903. The molecule has 0 spiro atoms. The molecule has 1 heterocycles. The molecule has 0 saturated carbocycles. The zero-order chi connectivity index (χ0) is 13.2. The third kappa shape index (κ3) is 3.60. The molecule has 0 radical (unpaired) electrons. The summed E-state index contributed by atoms with van der Waals surface area (Å²) in [5.41, 5.74) is 0.0899. The highest BCUT2D eigenvalue weighted by atomic mass is 16.4. The first-order valence-corrected chi connectivity index (χ1v) is 5.81. The van der Waals surface area contributed by atoms with E-state index in [4.69, 9.17) is 4.42 Å². The standard InChI is InChI=1S/C13H21NO3/c1-6-10-9(2)7-11(17-10)12(15)14(5)8-13(3,4)16/h7,16H,6,8H2,1-5H3. The SMILES string of the molecule is CCc1oc(C(=O)N(C)CC(C)(C)O)cc1C. The average molecular weight is 239 g/mol. The molecule has 0 aliphatic heterocycles. The van der Waals surface area contributed by atoms with Crippen molar-refractivity contribution in [2.45, 2.75) is 39.7 Å². The van der Waals surface area contributed by atoms with Crippen LogP contribution in [0, 0.1) is 6.92 Å². The number of aliphatic hydroxyl groups is 1. The largest absolute Gasteiger partial charge is 0.456 e. The molecule has 0 aromatic carbocycles. The molecule has 0 aliphatic rings. The number of carbonyl (C=O) groups is 1. The van der Waals surface area contributed by atoms with Crippen molar-refractivity contribution in [3.8, 4) is 0 Å². The van der Waals surface area contributed by atoms with Gasteiger partial charge in [-0.3, -0.25) is 4.79 Å². The highest BCUT2D eigenvalue weighted by Crippen LogP contribution is 2.17. The number of carbonyl (C=O) groups excluding carboxylic acids is 1. The second-order valence-electron chi connectivity index (χ2n) is 5.04. The Hall–Kier alpha value is -1.29. The van der Waals surface area contributed by atoms with E-state index in [0.717, 1.165) is 17.7 Å². The molecule has 0 unspecified atom stereocenters. The maximum atomic E-state index is 12.0. The van der Waals surface area contributed by atoms with Crippen LogP contribution >= 0.6 is 0 Å². The Labute approximate surface area is 102 Å². The molecular weight excluding hydrogens is 218 g/mol. The molecule has 0 atom stereocenters. The lowest BCUT2D eigenvalue weighted by atomic mass is 10.1. The van der Waals surface area contributed by atoms with Crippen molar-refractivity contribution in [2.24, 2.45) is 0 Å². The summed E-state index contributed by atoms with van der Waals surface area (Å²) in [6.45, 7) is 7.52. The molecule has 4 nitrogen and oxygen atoms in total. The monoisotopic (exact) mass is 239 g/mol. The summed E-state index contributed by atoms with van der Waals surface area (Å²) in [5, 5.41) is 9.67. The lowest BCUT2D eigenvalue weighted by Gasteiger charge is -2.24. The normalized spacial score (nSPS) is 11.6. The number of likely N-dealkylation sites (N-methyl/N-ethyl adjacent to an activating group) is 1. The predicted molar refractivity (Wildman–Crippen MR) is 66.1 cm³/mol. The van der Waals surface area contributed by atoms with Gasteiger partial charge >= 0.3 is 0 Å². The molecule has 1 amide bonds. The van der Waals surface area contributed by atoms with Crippen LogP contribution < -0.4 is 0 Å². The minimum absolute atomic E-state index is 0.199. The molecule has 0 bridgehead atoms. The first-order chi connectivity index (χ1) is 7.74. The number of furan rings is 1. The Kier molecular flexibility index (Phi) is 3.98. The zero-order valence-electron chi connectivity index (χ0n) is 11.2. The van der Waals surface area contributed by atoms with E-state index in [0.29, 0.717) is 5.76 Å². The van der Waals surface area contributed by atoms with Crippen molar-refractivity contribution in [3.05, 3.63) is 23.2 Å². The Bertz CT molecular complexity index is 401. The number of rotatable bonds is 4. The molecule has 0 saturated heterocycles. The maximum absolute atomic E-state index is 12.0. The average Bonchev–Trinajstić information content (AvgIpc) is 2.55. The lowest BCUT2D eigenvalue weighted by molar-refractivity contribution is 0.0351. The number of hydrogen-bond donors (Lipinski definition) is 1. The molecule has 0 aliphatic carbocycles. The van der Waals surface area contributed by atoms with Gasteiger partial charge in [-0.15, -0.1) is 0 Å². The van der Waals surface area contributed by atoms with E-state index in [-0.39, 0.29) is 12.5 Å². The quantitative estimate of drug-likeness (QED) is 0.874. The molecule has 1 rings (SSSR count). The highest BCUT2D eigenvalue weighted by Gasteiger charge is 2.23. The summed E-state index contributed by atoms with van der Waals surface area (Å²) in [6, 6.07) is 1.75. The van der Waals surface area contributed by atoms with Crippen LogP contribution in [0.4, 0.5) is 0 Å². The van der Waals surface area contributed by atoms with Crippen LogP contribution in [-0.4, -0.2) is 35.1 Å².